The van der Waals surface area contributed by atoms with E-state index in [0.29, 0.717) is 6.54 Å². The molecule has 20 heavy (non-hydrogen) atoms. The fourth-order valence-electron chi connectivity index (χ4n) is 2.13. The molecular weight excluding hydrogens is 248 g/mol. The quantitative estimate of drug-likeness (QED) is 0.876. The topological polar surface area (TPSA) is 55.1 Å². The van der Waals surface area contributed by atoms with Gasteiger partial charge in [-0.1, -0.05) is 48.5 Å². The molecule has 3 N–H and O–H groups in total. The third-order valence-electron chi connectivity index (χ3n) is 3.36. The molecule has 2 aromatic carbocycles. The zero-order valence-corrected chi connectivity index (χ0v) is 11.7. The van der Waals surface area contributed by atoms with E-state index in [1.807, 2.05) is 61.5 Å². The average molecular weight is 268 g/mol. The van der Waals surface area contributed by atoms with Gasteiger partial charge in [0.2, 0.25) is 0 Å². The van der Waals surface area contributed by atoms with E-state index in [9.17, 15) is 4.79 Å². The van der Waals surface area contributed by atoms with E-state index in [0.717, 1.165) is 23.1 Å². The predicted octanol–water partition coefficient (Wildman–Crippen LogP) is 2.81. The Labute approximate surface area is 119 Å². The van der Waals surface area contributed by atoms with Crippen molar-refractivity contribution in [3.8, 4) is 0 Å². The maximum absolute atomic E-state index is 12.0. The Kier molecular flexibility index (Phi) is 4.91. The summed E-state index contributed by atoms with van der Waals surface area (Å²) in [6.45, 7) is 2.51. The van der Waals surface area contributed by atoms with Gasteiger partial charge in [0.15, 0.2) is 0 Å². The standard InChI is InChI=1S/C17H20N2O/c1-13-7-5-6-10-15(13)17(20)19-12-11-16(18)14-8-3-2-4-9-14/h2-10,16H,11-12,18H2,1H3,(H,19,20). The van der Waals surface area contributed by atoms with Crippen molar-refractivity contribution in [2.24, 2.45) is 5.73 Å². The van der Waals surface area contributed by atoms with Crippen LogP contribution in [0.4, 0.5) is 0 Å². The number of hydrogen-bond donors (Lipinski definition) is 2. The fraction of sp³-hybridized carbons (Fsp3) is 0.235. The first-order chi connectivity index (χ1) is 9.68. The highest BCUT2D eigenvalue weighted by molar-refractivity contribution is 5.95. The van der Waals surface area contributed by atoms with Gasteiger partial charge in [0, 0.05) is 18.2 Å². The maximum atomic E-state index is 12.0. The first kappa shape index (κ1) is 14.3. The number of amides is 1. The van der Waals surface area contributed by atoms with E-state index in [1.165, 1.54) is 0 Å². The molecule has 0 radical (unpaired) electrons. The number of hydrogen-bond acceptors (Lipinski definition) is 2. The number of carbonyl (C=O) groups is 1. The molecule has 0 heterocycles. The smallest absolute Gasteiger partial charge is 0.251 e. The van der Waals surface area contributed by atoms with Crippen LogP contribution in [0.3, 0.4) is 0 Å². The molecular formula is C17H20N2O. The third-order valence-corrected chi connectivity index (χ3v) is 3.36. The summed E-state index contributed by atoms with van der Waals surface area (Å²) in [7, 11) is 0. The van der Waals surface area contributed by atoms with Gasteiger partial charge in [0.25, 0.3) is 5.91 Å². The zero-order valence-electron chi connectivity index (χ0n) is 11.7. The normalized spacial score (nSPS) is 11.9. The van der Waals surface area contributed by atoms with E-state index >= 15 is 0 Å². The monoisotopic (exact) mass is 268 g/mol. The van der Waals surface area contributed by atoms with Crippen LogP contribution < -0.4 is 11.1 Å². The second kappa shape index (κ2) is 6.87. The number of nitrogens with two attached hydrogens (primary N) is 1. The minimum atomic E-state index is -0.0478. The van der Waals surface area contributed by atoms with Gasteiger partial charge in [-0.3, -0.25) is 4.79 Å². The lowest BCUT2D eigenvalue weighted by molar-refractivity contribution is 0.0952. The Morgan fingerprint density at radius 2 is 1.75 bits per heavy atom. The van der Waals surface area contributed by atoms with E-state index in [2.05, 4.69) is 5.32 Å². The summed E-state index contributed by atoms with van der Waals surface area (Å²) in [5, 5.41) is 2.92. The second-order valence-corrected chi connectivity index (χ2v) is 4.88. The van der Waals surface area contributed by atoms with Crippen molar-refractivity contribution in [3.63, 3.8) is 0 Å². The van der Waals surface area contributed by atoms with Gasteiger partial charge >= 0.3 is 0 Å². The average Bonchev–Trinajstić information content (AvgIpc) is 2.48. The molecule has 1 atom stereocenters. The number of benzene rings is 2. The lowest BCUT2D eigenvalue weighted by Crippen LogP contribution is -2.27. The Bertz CT molecular complexity index is 566. The lowest BCUT2D eigenvalue weighted by Gasteiger charge is -2.13. The van der Waals surface area contributed by atoms with Crippen LogP contribution >= 0.6 is 0 Å². The van der Waals surface area contributed by atoms with Crippen molar-refractivity contribution >= 4 is 5.91 Å². The summed E-state index contributed by atoms with van der Waals surface area (Å²) in [6, 6.07) is 17.5. The van der Waals surface area contributed by atoms with Gasteiger partial charge in [-0.15, -0.1) is 0 Å². The van der Waals surface area contributed by atoms with Crippen molar-refractivity contribution in [2.45, 2.75) is 19.4 Å². The van der Waals surface area contributed by atoms with Gasteiger partial charge in [-0.25, -0.2) is 0 Å². The molecule has 0 bridgehead atoms. The van der Waals surface area contributed by atoms with Gasteiger partial charge in [0.1, 0.15) is 0 Å². The molecule has 0 fully saturated rings. The first-order valence-corrected chi connectivity index (χ1v) is 6.83. The van der Waals surface area contributed by atoms with E-state index < -0.39 is 0 Å². The Hall–Kier alpha value is -2.13. The second-order valence-electron chi connectivity index (χ2n) is 4.88. The number of rotatable bonds is 5. The van der Waals surface area contributed by atoms with Crippen molar-refractivity contribution in [1.82, 2.24) is 5.32 Å². The van der Waals surface area contributed by atoms with Crippen molar-refractivity contribution < 1.29 is 4.79 Å². The summed E-state index contributed by atoms with van der Waals surface area (Å²) < 4.78 is 0. The summed E-state index contributed by atoms with van der Waals surface area (Å²) >= 11 is 0. The van der Waals surface area contributed by atoms with Crippen molar-refractivity contribution in [1.29, 1.82) is 0 Å². The highest BCUT2D eigenvalue weighted by atomic mass is 16.1. The molecule has 1 unspecified atom stereocenters. The molecule has 2 aromatic rings. The molecule has 0 aliphatic carbocycles. The molecule has 3 nitrogen and oxygen atoms in total. The van der Waals surface area contributed by atoms with Gasteiger partial charge in [0.05, 0.1) is 0 Å². The van der Waals surface area contributed by atoms with Crippen LogP contribution in [0.5, 0.6) is 0 Å². The lowest BCUT2D eigenvalue weighted by atomic mass is 10.0. The van der Waals surface area contributed by atoms with Gasteiger partial charge in [-0.05, 0) is 30.5 Å². The molecule has 0 aliphatic rings. The van der Waals surface area contributed by atoms with E-state index in [4.69, 9.17) is 5.73 Å². The Balaban J connectivity index is 1.84. The fourth-order valence-corrected chi connectivity index (χ4v) is 2.13. The highest BCUT2D eigenvalue weighted by Crippen LogP contribution is 2.12. The number of aryl methyl sites for hydroxylation is 1. The van der Waals surface area contributed by atoms with Crippen LogP contribution in [-0.2, 0) is 0 Å². The Morgan fingerprint density at radius 1 is 1.10 bits per heavy atom. The van der Waals surface area contributed by atoms with Crippen molar-refractivity contribution in [3.05, 3.63) is 71.3 Å². The molecule has 104 valence electrons. The van der Waals surface area contributed by atoms with Crippen LogP contribution in [0.25, 0.3) is 0 Å². The van der Waals surface area contributed by atoms with Crippen LogP contribution in [0.1, 0.15) is 33.9 Å². The van der Waals surface area contributed by atoms with E-state index in [1.54, 1.807) is 0 Å². The van der Waals surface area contributed by atoms with Gasteiger partial charge in [-0.2, -0.15) is 0 Å². The minimum absolute atomic E-state index is 0.0386. The zero-order chi connectivity index (χ0) is 14.4. The van der Waals surface area contributed by atoms with Gasteiger partial charge < -0.3 is 11.1 Å². The summed E-state index contributed by atoms with van der Waals surface area (Å²) in [4.78, 5) is 12.0. The van der Waals surface area contributed by atoms with Crippen LogP contribution in [0.2, 0.25) is 0 Å². The maximum Gasteiger partial charge on any atom is 0.251 e. The minimum Gasteiger partial charge on any atom is -0.352 e. The largest absolute Gasteiger partial charge is 0.352 e. The molecule has 0 saturated heterocycles. The SMILES string of the molecule is Cc1ccccc1C(=O)NCCC(N)c1ccccc1. The Morgan fingerprint density at radius 3 is 2.45 bits per heavy atom. The van der Waals surface area contributed by atoms with E-state index in [-0.39, 0.29) is 11.9 Å². The molecule has 0 aliphatic heterocycles. The summed E-state index contributed by atoms with van der Waals surface area (Å²) in [6.07, 6.45) is 0.724. The third kappa shape index (κ3) is 3.68. The van der Waals surface area contributed by atoms with Crippen molar-refractivity contribution in [2.75, 3.05) is 6.54 Å². The molecule has 0 saturated carbocycles. The highest BCUT2D eigenvalue weighted by Gasteiger charge is 2.09. The first-order valence-electron chi connectivity index (χ1n) is 6.83. The molecule has 3 heteroatoms. The summed E-state index contributed by atoms with van der Waals surface area (Å²) in [5.41, 5.74) is 8.90. The summed E-state index contributed by atoms with van der Waals surface area (Å²) in [5.74, 6) is -0.0386. The molecule has 2 rings (SSSR count). The molecule has 0 aromatic heterocycles. The van der Waals surface area contributed by atoms with Crippen LogP contribution in [0, 0.1) is 6.92 Å². The predicted molar refractivity (Wildman–Crippen MR) is 81.5 cm³/mol. The molecule has 0 spiro atoms. The number of nitrogens with one attached hydrogen (secondary N) is 1. The number of carbonyl (C=O) groups excluding carboxylic acids is 1. The van der Waals surface area contributed by atoms with Crippen LogP contribution in [0.15, 0.2) is 54.6 Å². The van der Waals surface area contributed by atoms with Crippen LogP contribution in [-0.4, -0.2) is 12.5 Å². The molecule has 1 amide bonds.